The number of carbonyl (C=O) groups excluding carboxylic acids is 2. The molecule has 3 atom stereocenters. The summed E-state index contributed by atoms with van der Waals surface area (Å²) in [5.74, 6) is 2.50. The maximum absolute atomic E-state index is 13.3. The van der Waals surface area contributed by atoms with Gasteiger partial charge in [0.05, 0.1) is 0 Å². The Kier molecular flexibility index (Phi) is 9.42. The molecule has 3 rings (SSSR count). The summed E-state index contributed by atoms with van der Waals surface area (Å²) in [7, 11) is 1.74. The lowest BCUT2D eigenvalue weighted by Crippen LogP contribution is -2.49. The van der Waals surface area contributed by atoms with E-state index in [1.807, 2.05) is 0 Å². The van der Waals surface area contributed by atoms with Crippen molar-refractivity contribution in [2.24, 2.45) is 17.8 Å². The maximum Gasteiger partial charge on any atom is 0.254 e. The molecular formula is C26H46N4O2. The average Bonchev–Trinajstić information content (AvgIpc) is 3.01. The number of hydrogen-bond acceptors (Lipinski definition) is 3. The summed E-state index contributed by atoms with van der Waals surface area (Å²) in [6.45, 7) is 2.85. The highest BCUT2D eigenvalue weighted by Crippen LogP contribution is 2.40. The van der Waals surface area contributed by atoms with Gasteiger partial charge in [0.2, 0.25) is 5.91 Å². The van der Waals surface area contributed by atoms with Crippen molar-refractivity contribution in [3.8, 4) is 0 Å². The molecule has 0 bridgehead atoms. The van der Waals surface area contributed by atoms with Crippen LogP contribution in [0.1, 0.15) is 110 Å². The fraction of sp³-hybridized carbons (Fsp3) is 0.885. The van der Waals surface area contributed by atoms with Gasteiger partial charge in [0.15, 0.2) is 5.96 Å². The Morgan fingerprint density at radius 1 is 1.09 bits per heavy atom. The molecular weight excluding hydrogens is 400 g/mol. The van der Waals surface area contributed by atoms with Crippen molar-refractivity contribution < 1.29 is 9.59 Å². The molecule has 0 aromatic heterocycles. The fourth-order valence-electron chi connectivity index (χ4n) is 6.37. The number of rotatable bonds is 11. The minimum absolute atomic E-state index is 0.105. The third kappa shape index (κ3) is 6.71. The van der Waals surface area contributed by atoms with E-state index in [2.05, 4.69) is 17.6 Å². The number of guanidine groups is 1. The first-order valence-electron chi connectivity index (χ1n) is 13.3. The summed E-state index contributed by atoms with van der Waals surface area (Å²) in [5.41, 5.74) is -0.574. The molecule has 2 aliphatic carbocycles. The van der Waals surface area contributed by atoms with Crippen LogP contribution in [0.25, 0.3) is 0 Å². The Balaban J connectivity index is 1.53. The predicted octanol–water partition coefficient (Wildman–Crippen LogP) is 4.98. The van der Waals surface area contributed by atoms with Crippen molar-refractivity contribution in [1.29, 1.82) is 5.41 Å². The van der Waals surface area contributed by atoms with E-state index in [-0.39, 0.29) is 17.8 Å². The van der Waals surface area contributed by atoms with Gasteiger partial charge in [0.25, 0.3) is 5.91 Å². The highest BCUT2D eigenvalue weighted by molar-refractivity contribution is 6.07. The third-order valence-corrected chi connectivity index (χ3v) is 8.23. The second-order valence-electron chi connectivity index (χ2n) is 10.8. The van der Waals surface area contributed by atoms with E-state index < -0.39 is 5.54 Å². The number of nitrogens with zero attached hydrogens (tertiary/aromatic N) is 1. The van der Waals surface area contributed by atoms with Crippen LogP contribution in [0.2, 0.25) is 0 Å². The van der Waals surface area contributed by atoms with Gasteiger partial charge in [-0.15, -0.1) is 0 Å². The first-order chi connectivity index (χ1) is 15.4. The van der Waals surface area contributed by atoms with E-state index in [1.54, 1.807) is 7.05 Å². The van der Waals surface area contributed by atoms with Crippen LogP contribution < -0.4 is 10.6 Å². The van der Waals surface area contributed by atoms with Crippen LogP contribution in [0.15, 0.2) is 0 Å². The third-order valence-electron chi connectivity index (χ3n) is 8.23. The summed E-state index contributed by atoms with van der Waals surface area (Å²) < 4.78 is 0. The van der Waals surface area contributed by atoms with E-state index in [0.29, 0.717) is 18.3 Å². The van der Waals surface area contributed by atoms with Gasteiger partial charge in [-0.1, -0.05) is 58.3 Å². The number of likely N-dealkylation sites (N-methyl/N-ethyl adjacent to an activating group) is 1. The molecule has 3 N–H and O–H groups in total. The number of amides is 2. The van der Waals surface area contributed by atoms with Crippen molar-refractivity contribution in [3.05, 3.63) is 0 Å². The number of carbonyl (C=O) groups is 2. The lowest BCUT2D eigenvalue weighted by Gasteiger charge is -2.36. The van der Waals surface area contributed by atoms with E-state index >= 15 is 0 Å². The quantitative estimate of drug-likeness (QED) is 0.419. The van der Waals surface area contributed by atoms with Gasteiger partial charge in [-0.3, -0.25) is 19.9 Å². The molecule has 1 saturated heterocycles. The minimum Gasteiger partial charge on any atom is -0.356 e. The molecule has 1 aliphatic heterocycles. The lowest BCUT2D eigenvalue weighted by molar-refractivity contribution is -0.131. The molecule has 0 aromatic rings. The first-order valence-corrected chi connectivity index (χ1v) is 13.3. The van der Waals surface area contributed by atoms with Crippen molar-refractivity contribution >= 4 is 17.8 Å². The molecule has 0 radical (unpaired) electrons. The largest absolute Gasteiger partial charge is 0.356 e. The highest BCUT2D eigenvalue weighted by Gasteiger charge is 2.49. The van der Waals surface area contributed by atoms with Crippen LogP contribution >= 0.6 is 0 Å². The van der Waals surface area contributed by atoms with Crippen molar-refractivity contribution in [2.75, 3.05) is 13.6 Å². The SMILES string of the molecule is CCCNC(=O)CCC[C@@H]1CCC[C@H](C[C@@]2(CCC3CCCCC3)NC(=N)N(C)C2=O)C1. The Hall–Kier alpha value is -1.59. The highest BCUT2D eigenvalue weighted by atomic mass is 16.2. The summed E-state index contributed by atoms with van der Waals surface area (Å²) in [5, 5.41) is 14.6. The Labute approximate surface area is 195 Å². The summed E-state index contributed by atoms with van der Waals surface area (Å²) >= 11 is 0. The molecule has 2 amide bonds. The molecule has 2 saturated carbocycles. The van der Waals surface area contributed by atoms with Gasteiger partial charge in [0.1, 0.15) is 5.54 Å². The normalized spacial score (nSPS) is 29.2. The molecule has 32 heavy (non-hydrogen) atoms. The molecule has 6 nitrogen and oxygen atoms in total. The number of nitrogens with one attached hydrogen (secondary N) is 3. The molecule has 0 spiro atoms. The van der Waals surface area contributed by atoms with Crippen LogP contribution in [-0.2, 0) is 9.59 Å². The minimum atomic E-state index is -0.574. The molecule has 6 heteroatoms. The zero-order valence-corrected chi connectivity index (χ0v) is 20.5. The standard InChI is InChI=1S/C26H46N4O2/c1-3-17-28-23(31)14-8-12-21-11-7-13-22(18-21)19-26(24(32)30(2)25(27)29-26)16-15-20-9-5-4-6-10-20/h20-22H,3-19H2,1-2H3,(H2,27,29)(H,28,31)/t21-,22-,26+/m0/s1. The average molecular weight is 447 g/mol. The monoisotopic (exact) mass is 446 g/mol. The molecule has 1 heterocycles. The van der Waals surface area contributed by atoms with Crippen LogP contribution in [0.4, 0.5) is 0 Å². The molecule has 182 valence electrons. The predicted molar refractivity (Wildman–Crippen MR) is 129 cm³/mol. The van der Waals surface area contributed by atoms with Crippen LogP contribution in [-0.4, -0.2) is 41.8 Å². The van der Waals surface area contributed by atoms with Gasteiger partial charge in [-0.2, -0.15) is 0 Å². The van der Waals surface area contributed by atoms with Gasteiger partial charge in [-0.25, -0.2) is 0 Å². The fourth-order valence-corrected chi connectivity index (χ4v) is 6.37. The Morgan fingerprint density at radius 2 is 1.81 bits per heavy atom. The topological polar surface area (TPSA) is 85.3 Å². The maximum atomic E-state index is 13.3. The number of hydrogen-bond donors (Lipinski definition) is 3. The second kappa shape index (κ2) is 12.0. The van der Waals surface area contributed by atoms with E-state index in [0.717, 1.165) is 57.4 Å². The van der Waals surface area contributed by atoms with Crippen LogP contribution in [0.5, 0.6) is 0 Å². The van der Waals surface area contributed by atoms with Gasteiger partial charge in [0, 0.05) is 20.0 Å². The van der Waals surface area contributed by atoms with Crippen molar-refractivity contribution in [3.63, 3.8) is 0 Å². The Morgan fingerprint density at radius 3 is 2.50 bits per heavy atom. The molecule has 0 unspecified atom stereocenters. The van der Waals surface area contributed by atoms with Gasteiger partial charge < -0.3 is 10.6 Å². The molecule has 0 aromatic carbocycles. The smallest absolute Gasteiger partial charge is 0.254 e. The zero-order valence-electron chi connectivity index (χ0n) is 20.5. The van der Waals surface area contributed by atoms with E-state index in [9.17, 15) is 9.59 Å². The van der Waals surface area contributed by atoms with Crippen LogP contribution in [0.3, 0.4) is 0 Å². The summed E-state index contributed by atoms with van der Waals surface area (Å²) in [6.07, 6.45) is 17.9. The van der Waals surface area contributed by atoms with Gasteiger partial charge >= 0.3 is 0 Å². The first kappa shape index (κ1) is 25.0. The van der Waals surface area contributed by atoms with E-state index in [4.69, 9.17) is 5.41 Å². The Bertz CT molecular complexity index is 646. The van der Waals surface area contributed by atoms with Gasteiger partial charge in [-0.05, 0) is 62.7 Å². The second-order valence-corrected chi connectivity index (χ2v) is 10.8. The van der Waals surface area contributed by atoms with Crippen molar-refractivity contribution in [2.45, 2.75) is 115 Å². The van der Waals surface area contributed by atoms with Crippen molar-refractivity contribution in [1.82, 2.24) is 15.5 Å². The molecule has 3 aliphatic rings. The van der Waals surface area contributed by atoms with E-state index in [1.165, 1.54) is 56.3 Å². The van der Waals surface area contributed by atoms with Crippen LogP contribution in [0, 0.1) is 23.2 Å². The zero-order chi connectivity index (χ0) is 23.0. The lowest BCUT2D eigenvalue weighted by atomic mass is 9.72. The summed E-state index contributed by atoms with van der Waals surface area (Å²) in [6, 6.07) is 0. The summed E-state index contributed by atoms with van der Waals surface area (Å²) in [4.78, 5) is 26.7. The molecule has 3 fully saturated rings.